The van der Waals surface area contributed by atoms with Crippen LogP contribution in [0.3, 0.4) is 0 Å². The molecule has 5 aromatic carbocycles. The van der Waals surface area contributed by atoms with Crippen molar-refractivity contribution in [3.63, 3.8) is 0 Å². The predicted molar refractivity (Wildman–Crippen MR) is 142 cm³/mol. The molecule has 8 aromatic rings. The molecule has 0 bridgehead atoms. The van der Waals surface area contributed by atoms with Crippen LogP contribution in [0.5, 0.6) is 0 Å². The fourth-order valence-electron chi connectivity index (χ4n) is 5.85. The van der Waals surface area contributed by atoms with Gasteiger partial charge in [0.25, 0.3) is 0 Å². The van der Waals surface area contributed by atoms with Crippen LogP contribution in [-0.4, -0.2) is 9.13 Å². The summed E-state index contributed by atoms with van der Waals surface area (Å²) >= 11 is 0. The average Bonchev–Trinajstić information content (AvgIpc) is 3.51. The van der Waals surface area contributed by atoms with E-state index in [1.54, 1.807) is 0 Å². The Kier molecular flexibility index (Phi) is 3.33. The minimum atomic E-state index is 0.927. The van der Waals surface area contributed by atoms with Crippen molar-refractivity contribution in [1.29, 1.82) is 0 Å². The molecule has 0 radical (unpaired) electrons. The maximum absolute atomic E-state index is 6.46. The summed E-state index contributed by atoms with van der Waals surface area (Å²) in [6.07, 6.45) is 0. The summed E-state index contributed by atoms with van der Waals surface area (Å²) in [5, 5.41) is 7.31. The number of aryl methyl sites for hydroxylation is 1. The number of fused-ring (bicyclic) bond motifs is 10. The monoisotopic (exact) mass is 436 g/mol. The van der Waals surface area contributed by atoms with Crippen molar-refractivity contribution in [2.45, 2.75) is 0 Å². The zero-order chi connectivity index (χ0) is 22.4. The summed E-state index contributed by atoms with van der Waals surface area (Å²) in [6, 6.07) is 36.7. The Balaban J connectivity index is 1.61. The lowest BCUT2D eigenvalue weighted by Crippen LogP contribution is -1.92. The highest BCUT2D eigenvalue weighted by atomic mass is 16.3. The molecule has 0 aliphatic carbocycles. The van der Waals surface area contributed by atoms with Crippen LogP contribution in [-0.2, 0) is 7.05 Å². The molecular weight excluding hydrogens is 416 g/mol. The second kappa shape index (κ2) is 6.30. The van der Waals surface area contributed by atoms with Gasteiger partial charge in [0, 0.05) is 45.2 Å². The molecule has 0 amide bonds. The average molecular weight is 437 g/mol. The van der Waals surface area contributed by atoms with Crippen LogP contribution in [0, 0.1) is 0 Å². The highest BCUT2D eigenvalue weighted by Crippen LogP contribution is 2.42. The summed E-state index contributed by atoms with van der Waals surface area (Å²) in [7, 11) is 2.16. The molecule has 0 aliphatic heterocycles. The highest BCUT2D eigenvalue weighted by molar-refractivity contribution is 6.26. The van der Waals surface area contributed by atoms with Crippen molar-refractivity contribution in [3.05, 3.63) is 103 Å². The minimum absolute atomic E-state index is 0.927. The van der Waals surface area contributed by atoms with Gasteiger partial charge < -0.3 is 13.6 Å². The molecule has 0 saturated heterocycles. The second-order valence-electron chi connectivity index (χ2n) is 9.07. The normalized spacial score (nSPS) is 12.3. The van der Waals surface area contributed by atoms with E-state index < -0.39 is 0 Å². The van der Waals surface area contributed by atoms with Gasteiger partial charge in [-0.3, -0.25) is 0 Å². The Morgan fingerprint density at radius 2 is 1.24 bits per heavy atom. The van der Waals surface area contributed by atoms with Crippen molar-refractivity contribution in [1.82, 2.24) is 9.13 Å². The van der Waals surface area contributed by atoms with Crippen LogP contribution in [0.2, 0.25) is 0 Å². The molecule has 0 spiro atoms. The van der Waals surface area contributed by atoms with Crippen LogP contribution in [0.25, 0.3) is 71.2 Å². The number of nitrogens with zero attached hydrogens (tertiary/aromatic N) is 2. The van der Waals surface area contributed by atoms with Gasteiger partial charge in [0.15, 0.2) is 0 Å². The summed E-state index contributed by atoms with van der Waals surface area (Å²) in [5.74, 6) is 0. The molecule has 0 N–H and O–H groups in total. The molecule has 34 heavy (non-hydrogen) atoms. The van der Waals surface area contributed by atoms with Gasteiger partial charge in [0.2, 0.25) is 0 Å². The van der Waals surface area contributed by atoms with E-state index in [0.29, 0.717) is 0 Å². The first-order chi connectivity index (χ1) is 16.8. The zero-order valence-electron chi connectivity index (χ0n) is 18.6. The van der Waals surface area contributed by atoms with Crippen LogP contribution in [0.1, 0.15) is 0 Å². The fraction of sp³-hybridized carbons (Fsp3) is 0.0323. The van der Waals surface area contributed by atoms with E-state index in [9.17, 15) is 0 Å². The van der Waals surface area contributed by atoms with Gasteiger partial charge in [0.05, 0.1) is 21.9 Å². The highest BCUT2D eigenvalue weighted by Gasteiger charge is 2.19. The molecule has 8 rings (SSSR count). The number of aromatic nitrogens is 2. The lowest BCUT2D eigenvalue weighted by molar-refractivity contribution is 0.669. The van der Waals surface area contributed by atoms with E-state index in [0.717, 1.165) is 22.2 Å². The number of furan rings is 1. The van der Waals surface area contributed by atoms with Gasteiger partial charge in [0.1, 0.15) is 11.2 Å². The Morgan fingerprint density at radius 3 is 2.06 bits per heavy atom. The maximum atomic E-state index is 6.46. The number of benzene rings is 5. The number of hydrogen-bond acceptors (Lipinski definition) is 1. The van der Waals surface area contributed by atoms with Crippen molar-refractivity contribution in [3.8, 4) is 5.69 Å². The van der Waals surface area contributed by atoms with Crippen LogP contribution in [0.15, 0.2) is 108 Å². The summed E-state index contributed by atoms with van der Waals surface area (Å²) < 4.78 is 11.1. The van der Waals surface area contributed by atoms with E-state index in [1.807, 2.05) is 0 Å². The van der Waals surface area contributed by atoms with Gasteiger partial charge in [-0.15, -0.1) is 0 Å². The number of hydrogen-bond donors (Lipinski definition) is 0. The molecule has 0 saturated carbocycles. The predicted octanol–water partition coefficient (Wildman–Crippen LogP) is 8.33. The topological polar surface area (TPSA) is 23.0 Å². The minimum Gasteiger partial charge on any atom is -0.456 e. The summed E-state index contributed by atoms with van der Waals surface area (Å²) in [6.45, 7) is 0. The Morgan fingerprint density at radius 1 is 0.529 bits per heavy atom. The molecule has 3 aromatic heterocycles. The van der Waals surface area contributed by atoms with Crippen LogP contribution >= 0.6 is 0 Å². The Hall–Kier alpha value is -4.50. The third-order valence-corrected chi connectivity index (χ3v) is 7.31. The molecule has 0 fully saturated rings. The van der Waals surface area contributed by atoms with Crippen LogP contribution in [0.4, 0.5) is 0 Å². The van der Waals surface area contributed by atoms with Gasteiger partial charge in [-0.2, -0.15) is 0 Å². The summed E-state index contributed by atoms with van der Waals surface area (Å²) in [4.78, 5) is 0. The zero-order valence-corrected chi connectivity index (χ0v) is 18.6. The van der Waals surface area contributed by atoms with E-state index in [1.165, 1.54) is 49.0 Å². The van der Waals surface area contributed by atoms with Gasteiger partial charge >= 0.3 is 0 Å². The first-order valence-electron chi connectivity index (χ1n) is 11.6. The van der Waals surface area contributed by atoms with Crippen molar-refractivity contribution >= 4 is 65.6 Å². The molecular formula is C31H20N2O. The summed E-state index contributed by atoms with van der Waals surface area (Å²) in [5.41, 5.74) is 7.87. The quantitative estimate of drug-likeness (QED) is 0.254. The SMILES string of the molecule is Cn1c2ccccc2c2ccc3oc4cc5c6ccccc6n(-c6ccccc6)c5cc4c3c21. The molecule has 0 aliphatic rings. The number of para-hydroxylation sites is 3. The first kappa shape index (κ1) is 18.0. The van der Waals surface area contributed by atoms with Gasteiger partial charge in [-0.1, -0.05) is 54.6 Å². The fourth-order valence-corrected chi connectivity index (χ4v) is 5.85. The molecule has 3 heterocycles. The standard InChI is InChI=1S/C31H20N2O/c1-32-25-13-7-5-11-20(25)22-15-16-28-30(31(22)32)24-17-27-23(18-29(24)34-28)21-12-6-8-14-26(21)33(27)19-9-3-2-4-10-19/h2-18H,1H3. The van der Waals surface area contributed by atoms with E-state index in [2.05, 4.69) is 119 Å². The third kappa shape index (κ3) is 2.16. The molecule has 3 heteroatoms. The second-order valence-corrected chi connectivity index (χ2v) is 9.07. The lowest BCUT2D eigenvalue weighted by Gasteiger charge is -2.07. The Labute approximate surface area is 195 Å². The maximum Gasteiger partial charge on any atom is 0.137 e. The van der Waals surface area contributed by atoms with E-state index >= 15 is 0 Å². The lowest BCUT2D eigenvalue weighted by atomic mass is 10.1. The molecule has 0 atom stereocenters. The smallest absolute Gasteiger partial charge is 0.137 e. The molecule has 0 unspecified atom stereocenters. The van der Waals surface area contributed by atoms with Crippen molar-refractivity contribution in [2.75, 3.05) is 0 Å². The van der Waals surface area contributed by atoms with Crippen molar-refractivity contribution in [2.24, 2.45) is 7.05 Å². The van der Waals surface area contributed by atoms with E-state index in [-0.39, 0.29) is 0 Å². The number of rotatable bonds is 1. The van der Waals surface area contributed by atoms with Gasteiger partial charge in [-0.05, 0) is 48.5 Å². The van der Waals surface area contributed by atoms with E-state index in [4.69, 9.17) is 4.42 Å². The first-order valence-corrected chi connectivity index (χ1v) is 11.6. The third-order valence-electron chi connectivity index (χ3n) is 7.31. The molecule has 160 valence electrons. The Bertz CT molecular complexity index is 2070. The largest absolute Gasteiger partial charge is 0.456 e. The molecule has 3 nitrogen and oxygen atoms in total. The van der Waals surface area contributed by atoms with Crippen LogP contribution < -0.4 is 0 Å². The van der Waals surface area contributed by atoms with Crippen molar-refractivity contribution < 1.29 is 4.42 Å². The van der Waals surface area contributed by atoms with Gasteiger partial charge in [-0.25, -0.2) is 0 Å².